The maximum Gasteiger partial charge on any atom is 0.191 e. The number of aromatic nitrogens is 1. The fraction of sp³-hybridized carbons (Fsp3) is 0.308. The second-order valence-electron chi connectivity index (χ2n) is 3.78. The summed E-state index contributed by atoms with van der Waals surface area (Å²) < 4.78 is 16.0. The molecular weight excluding hydrogens is 232 g/mol. The van der Waals surface area contributed by atoms with Crippen LogP contribution in [0.5, 0.6) is 11.5 Å². The van der Waals surface area contributed by atoms with Crippen LogP contribution in [0.1, 0.15) is 11.7 Å². The lowest BCUT2D eigenvalue weighted by Crippen LogP contribution is -1.98. The van der Waals surface area contributed by atoms with Gasteiger partial charge in [-0.25, -0.2) is 4.98 Å². The van der Waals surface area contributed by atoms with Crippen molar-refractivity contribution in [3.8, 4) is 22.8 Å². The highest BCUT2D eigenvalue weighted by molar-refractivity contribution is 5.70. The van der Waals surface area contributed by atoms with Crippen LogP contribution in [0.15, 0.2) is 22.6 Å². The number of nitrogens with zero attached hydrogens (tertiary/aromatic N) is 1. The zero-order valence-electron chi connectivity index (χ0n) is 10.7. The third-order valence-electron chi connectivity index (χ3n) is 2.65. The first-order chi connectivity index (χ1) is 8.69. The van der Waals surface area contributed by atoms with Gasteiger partial charge in [-0.2, -0.15) is 0 Å². The first-order valence-electron chi connectivity index (χ1n) is 5.58. The Morgan fingerprint density at radius 3 is 2.67 bits per heavy atom. The van der Waals surface area contributed by atoms with Crippen LogP contribution in [0.2, 0.25) is 0 Å². The van der Waals surface area contributed by atoms with Gasteiger partial charge >= 0.3 is 0 Å². The average molecular weight is 248 g/mol. The van der Waals surface area contributed by atoms with Crippen LogP contribution in [0.3, 0.4) is 0 Å². The van der Waals surface area contributed by atoms with Crippen molar-refractivity contribution in [1.29, 1.82) is 0 Å². The molecule has 5 heteroatoms. The summed E-state index contributed by atoms with van der Waals surface area (Å²) in [7, 11) is 3.23. The summed E-state index contributed by atoms with van der Waals surface area (Å²) in [5.74, 6) is 2.66. The molecule has 0 radical (unpaired) electrons. The monoisotopic (exact) mass is 248 g/mol. The summed E-state index contributed by atoms with van der Waals surface area (Å²) in [4.78, 5) is 4.35. The number of benzene rings is 1. The van der Waals surface area contributed by atoms with Crippen molar-refractivity contribution in [1.82, 2.24) is 4.98 Å². The van der Waals surface area contributed by atoms with E-state index in [9.17, 15) is 0 Å². The molecule has 2 N–H and O–H groups in total. The average Bonchev–Trinajstić information content (AvgIpc) is 2.79. The van der Waals surface area contributed by atoms with Crippen molar-refractivity contribution in [3.63, 3.8) is 0 Å². The number of aryl methyl sites for hydroxylation is 1. The normalized spacial score (nSPS) is 10.4. The Hall–Kier alpha value is -2.01. The van der Waals surface area contributed by atoms with Crippen molar-refractivity contribution in [2.45, 2.75) is 13.5 Å². The molecule has 96 valence electrons. The second kappa shape index (κ2) is 5.10. The lowest BCUT2D eigenvalue weighted by molar-refractivity contribution is 0.404. The Balaban J connectivity index is 2.60. The van der Waals surface area contributed by atoms with E-state index in [0.717, 1.165) is 11.3 Å². The molecule has 0 unspecified atom stereocenters. The lowest BCUT2D eigenvalue weighted by Gasteiger charge is -2.09. The van der Waals surface area contributed by atoms with Crippen molar-refractivity contribution < 1.29 is 13.9 Å². The molecule has 0 aliphatic carbocycles. The molecule has 1 heterocycles. The predicted molar refractivity (Wildman–Crippen MR) is 67.7 cm³/mol. The number of rotatable bonds is 4. The summed E-state index contributed by atoms with van der Waals surface area (Å²) >= 11 is 0. The van der Waals surface area contributed by atoms with E-state index >= 15 is 0 Å². The minimum atomic E-state index is 0.288. The fourth-order valence-corrected chi connectivity index (χ4v) is 1.82. The van der Waals surface area contributed by atoms with E-state index in [1.54, 1.807) is 21.1 Å². The Bertz CT molecular complexity index is 549. The summed E-state index contributed by atoms with van der Waals surface area (Å²) in [6.45, 7) is 2.08. The van der Waals surface area contributed by atoms with Crippen molar-refractivity contribution in [3.05, 3.63) is 29.9 Å². The van der Waals surface area contributed by atoms with E-state index in [-0.39, 0.29) is 6.54 Å². The van der Waals surface area contributed by atoms with Gasteiger partial charge in [0.1, 0.15) is 23.0 Å². The first kappa shape index (κ1) is 12.4. The van der Waals surface area contributed by atoms with Crippen LogP contribution in [0, 0.1) is 6.92 Å². The Kier molecular flexibility index (Phi) is 3.53. The largest absolute Gasteiger partial charge is 0.497 e. The topological polar surface area (TPSA) is 70.5 Å². The Morgan fingerprint density at radius 2 is 2.06 bits per heavy atom. The van der Waals surface area contributed by atoms with Gasteiger partial charge in [0.2, 0.25) is 0 Å². The van der Waals surface area contributed by atoms with Crippen LogP contribution >= 0.6 is 0 Å². The number of nitrogens with two attached hydrogens (primary N) is 1. The van der Waals surface area contributed by atoms with Crippen LogP contribution in [0.4, 0.5) is 0 Å². The lowest BCUT2D eigenvalue weighted by atomic mass is 10.1. The third-order valence-corrected chi connectivity index (χ3v) is 2.65. The highest BCUT2D eigenvalue weighted by atomic mass is 16.5. The molecule has 0 aliphatic heterocycles. The molecule has 18 heavy (non-hydrogen) atoms. The number of methoxy groups -OCH3 is 2. The van der Waals surface area contributed by atoms with Gasteiger partial charge in [-0.1, -0.05) is 0 Å². The number of ether oxygens (including phenoxy) is 2. The summed E-state index contributed by atoms with van der Waals surface area (Å²) in [6.07, 6.45) is 0. The van der Waals surface area contributed by atoms with E-state index in [0.29, 0.717) is 23.1 Å². The molecule has 0 spiro atoms. The Labute approximate surface area is 106 Å². The van der Waals surface area contributed by atoms with E-state index in [1.165, 1.54) is 0 Å². The van der Waals surface area contributed by atoms with Gasteiger partial charge in [-0.15, -0.1) is 0 Å². The maximum absolute atomic E-state index is 5.66. The standard InChI is InChI=1S/C13H16N2O3/c1-8-15-13(12(7-14)18-8)10-6-9(16-2)4-5-11(10)17-3/h4-6H,7,14H2,1-3H3. The molecule has 0 amide bonds. The van der Waals surface area contributed by atoms with Crippen LogP contribution in [-0.4, -0.2) is 19.2 Å². The van der Waals surface area contributed by atoms with Crippen molar-refractivity contribution in [2.75, 3.05) is 14.2 Å². The predicted octanol–water partition coefficient (Wildman–Crippen LogP) is 2.13. The molecule has 0 saturated carbocycles. The van der Waals surface area contributed by atoms with E-state index < -0.39 is 0 Å². The smallest absolute Gasteiger partial charge is 0.191 e. The Morgan fingerprint density at radius 1 is 1.28 bits per heavy atom. The van der Waals surface area contributed by atoms with Crippen LogP contribution in [-0.2, 0) is 6.54 Å². The molecule has 2 aromatic rings. The molecule has 0 atom stereocenters. The molecule has 1 aromatic heterocycles. The molecule has 5 nitrogen and oxygen atoms in total. The van der Waals surface area contributed by atoms with Crippen LogP contribution in [0.25, 0.3) is 11.3 Å². The molecule has 0 aliphatic rings. The summed E-state index contributed by atoms with van der Waals surface area (Å²) in [6, 6.07) is 5.52. The number of hydrogen-bond donors (Lipinski definition) is 1. The molecular formula is C13H16N2O3. The van der Waals surface area contributed by atoms with Gasteiger partial charge in [0, 0.05) is 12.5 Å². The zero-order valence-corrected chi connectivity index (χ0v) is 10.7. The van der Waals surface area contributed by atoms with Gasteiger partial charge in [0.25, 0.3) is 0 Å². The van der Waals surface area contributed by atoms with Gasteiger partial charge in [0.05, 0.1) is 20.8 Å². The molecule has 0 fully saturated rings. The summed E-state index contributed by atoms with van der Waals surface area (Å²) in [5.41, 5.74) is 7.17. The van der Waals surface area contributed by atoms with E-state index in [2.05, 4.69) is 4.98 Å². The van der Waals surface area contributed by atoms with Gasteiger partial charge < -0.3 is 19.6 Å². The molecule has 0 saturated heterocycles. The van der Waals surface area contributed by atoms with Gasteiger partial charge in [-0.05, 0) is 18.2 Å². The maximum atomic E-state index is 5.66. The quantitative estimate of drug-likeness (QED) is 0.897. The highest BCUT2D eigenvalue weighted by Gasteiger charge is 2.16. The number of hydrogen-bond acceptors (Lipinski definition) is 5. The third kappa shape index (κ3) is 2.17. The van der Waals surface area contributed by atoms with Crippen LogP contribution < -0.4 is 15.2 Å². The molecule has 0 bridgehead atoms. The molecule has 2 rings (SSSR count). The van der Waals surface area contributed by atoms with Crippen molar-refractivity contribution in [2.24, 2.45) is 5.73 Å². The first-order valence-corrected chi connectivity index (χ1v) is 5.58. The highest BCUT2D eigenvalue weighted by Crippen LogP contribution is 2.34. The summed E-state index contributed by atoms with van der Waals surface area (Å²) in [5, 5.41) is 0. The fourth-order valence-electron chi connectivity index (χ4n) is 1.82. The molecule has 1 aromatic carbocycles. The zero-order chi connectivity index (χ0) is 13.1. The SMILES string of the molecule is COc1ccc(OC)c(-c2nc(C)oc2CN)c1. The minimum absolute atomic E-state index is 0.288. The van der Waals surface area contributed by atoms with Crippen molar-refractivity contribution >= 4 is 0 Å². The minimum Gasteiger partial charge on any atom is -0.497 e. The number of oxazole rings is 1. The van der Waals surface area contributed by atoms with Gasteiger partial charge in [-0.3, -0.25) is 0 Å². The second-order valence-corrected chi connectivity index (χ2v) is 3.78. The van der Waals surface area contributed by atoms with Gasteiger partial charge in [0.15, 0.2) is 5.89 Å². The van der Waals surface area contributed by atoms with E-state index in [4.69, 9.17) is 19.6 Å². The van der Waals surface area contributed by atoms with E-state index in [1.807, 2.05) is 18.2 Å².